The van der Waals surface area contributed by atoms with Gasteiger partial charge >= 0.3 is 0 Å². The van der Waals surface area contributed by atoms with Crippen LogP contribution in [0.25, 0.3) is 0 Å². The van der Waals surface area contributed by atoms with Crippen LogP contribution in [-0.2, 0) is 9.59 Å². The Morgan fingerprint density at radius 2 is 1.95 bits per heavy atom. The van der Waals surface area contributed by atoms with Crippen molar-refractivity contribution >= 4 is 17.5 Å². The Kier molecular flexibility index (Phi) is 4.66. The highest BCUT2D eigenvalue weighted by Crippen LogP contribution is 2.48. The third-order valence-corrected chi connectivity index (χ3v) is 4.18. The molecule has 0 unspecified atom stereocenters. The number of rotatable bonds is 6. The molecule has 1 aliphatic carbocycles. The van der Waals surface area contributed by atoms with Gasteiger partial charge in [-0.3, -0.25) is 9.59 Å². The summed E-state index contributed by atoms with van der Waals surface area (Å²) in [4.78, 5) is 26.7. The quantitative estimate of drug-likeness (QED) is 0.818. The normalized spacial score (nSPS) is 15.4. The minimum Gasteiger partial charge on any atom is -0.345 e. The number of nitrogens with zero attached hydrogens (tertiary/aromatic N) is 1. The van der Waals surface area contributed by atoms with Gasteiger partial charge in [0, 0.05) is 19.3 Å². The topological polar surface area (TPSA) is 49.4 Å². The molecule has 4 heteroatoms. The summed E-state index contributed by atoms with van der Waals surface area (Å²) in [6.07, 6.45) is 3.32. The number of nitrogens with one attached hydrogen (secondary N) is 1. The monoisotopic (exact) mass is 288 g/mol. The van der Waals surface area contributed by atoms with Gasteiger partial charge in [0.2, 0.25) is 11.8 Å². The van der Waals surface area contributed by atoms with E-state index in [1.54, 1.807) is 11.9 Å². The number of para-hydroxylation sites is 1. The number of anilines is 1. The lowest BCUT2D eigenvalue weighted by atomic mass is 10.0. The number of benzene rings is 1. The lowest BCUT2D eigenvalue weighted by Crippen LogP contribution is -2.41. The molecule has 2 amide bonds. The maximum absolute atomic E-state index is 12.5. The summed E-state index contributed by atoms with van der Waals surface area (Å²) in [5, 5.41) is 2.92. The molecule has 2 rings (SSSR count). The molecule has 114 valence electrons. The van der Waals surface area contributed by atoms with E-state index in [-0.39, 0.29) is 11.8 Å². The molecule has 1 aromatic rings. The summed E-state index contributed by atoms with van der Waals surface area (Å²) < 4.78 is 0. The van der Waals surface area contributed by atoms with E-state index < -0.39 is 5.41 Å². The summed E-state index contributed by atoms with van der Waals surface area (Å²) in [5.74, 6) is -0.202. The predicted octanol–water partition coefficient (Wildman–Crippen LogP) is 2.97. The molecule has 1 aliphatic rings. The van der Waals surface area contributed by atoms with E-state index in [2.05, 4.69) is 12.2 Å². The van der Waals surface area contributed by atoms with E-state index in [1.807, 2.05) is 31.2 Å². The standard InChI is InChI=1S/C17H24N2O2/c1-4-5-12-19(3)16(21)17(10-11-17)15(20)18-14-9-7-6-8-13(14)2/h6-9H,4-5,10-12H2,1-3H3,(H,18,20). The fourth-order valence-electron chi connectivity index (χ4n) is 2.48. The van der Waals surface area contributed by atoms with Crippen molar-refractivity contribution in [2.24, 2.45) is 5.41 Å². The fraction of sp³-hybridized carbons (Fsp3) is 0.529. The van der Waals surface area contributed by atoms with Gasteiger partial charge in [-0.2, -0.15) is 0 Å². The number of carbonyl (C=O) groups excluding carboxylic acids is 2. The van der Waals surface area contributed by atoms with Crippen molar-refractivity contribution in [1.82, 2.24) is 4.90 Å². The SMILES string of the molecule is CCCCN(C)C(=O)C1(C(=O)Nc2ccccc2C)CC1. The lowest BCUT2D eigenvalue weighted by Gasteiger charge is -2.23. The average Bonchev–Trinajstić information content (AvgIpc) is 3.28. The number of amides is 2. The van der Waals surface area contributed by atoms with Gasteiger partial charge in [-0.1, -0.05) is 31.5 Å². The van der Waals surface area contributed by atoms with Gasteiger partial charge in [0.25, 0.3) is 0 Å². The third kappa shape index (κ3) is 3.26. The van der Waals surface area contributed by atoms with Crippen molar-refractivity contribution < 1.29 is 9.59 Å². The Morgan fingerprint density at radius 1 is 1.29 bits per heavy atom. The van der Waals surface area contributed by atoms with E-state index in [0.29, 0.717) is 19.4 Å². The van der Waals surface area contributed by atoms with Crippen molar-refractivity contribution in [1.29, 1.82) is 0 Å². The van der Waals surface area contributed by atoms with Gasteiger partial charge in [0.15, 0.2) is 0 Å². The molecule has 0 bridgehead atoms. The predicted molar refractivity (Wildman–Crippen MR) is 84.0 cm³/mol. The van der Waals surface area contributed by atoms with Gasteiger partial charge in [-0.25, -0.2) is 0 Å². The highest BCUT2D eigenvalue weighted by Gasteiger charge is 2.57. The van der Waals surface area contributed by atoms with Crippen molar-refractivity contribution in [2.45, 2.75) is 39.5 Å². The summed E-state index contributed by atoms with van der Waals surface area (Å²) in [6.45, 7) is 4.76. The molecule has 0 saturated heterocycles. The van der Waals surface area contributed by atoms with Crippen LogP contribution in [0.2, 0.25) is 0 Å². The Bertz CT molecular complexity index is 535. The van der Waals surface area contributed by atoms with Crippen LogP contribution >= 0.6 is 0 Å². The number of carbonyl (C=O) groups is 2. The molecule has 1 saturated carbocycles. The number of hydrogen-bond acceptors (Lipinski definition) is 2. The van der Waals surface area contributed by atoms with Gasteiger partial charge in [0.05, 0.1) is 0 Å². The Balaban J connectivity index is 2.04. The molecule has 0 aliphatic heterocycles. The van der Waals surface area contributed by atoms with E-state index >= 15 is 0 Å². The molecule has 0 radical (unpaired) electrons. The molecule has 1 N–H and O–H groups in total. The second-order valence-electron chi connectivity index (χ2n) is 5.93. The first-order chi connectivity index (χ1) is 10.0. The minimum absolute atomic E-state index is 0.0398. The van der Waals surface area contributed by atoms with Crippen molar-refractivity contribution in [3.8, 4) is 0 Å². The zero-order valence-corrected chi connectivity index (χ0v) is 13.1. The van der Waals surface area contributed by atoms with Crippen LogP contribution in [0.1, 0.15) is 38.2 Å². The second kappa shape index (κ2) is 6.29. The van der Waals surface area contributed by atoms with Crippen LogP contribution in [0.5, 0.6) is 0 Å². The zero-order chi connectivity index (χ0) is 15.5. The lowest BCUT2D eigenvalue weighted by molar-refractivity contribution is -0.141. The maximum Gasteiger partial charge on any atom is 0.240 e. The zero-order valence-electron chi connectivity index (χ0n) is 13.1. The van der Waals surface area contributed by atoms with Crippen LogP contribution in [0, 0.1) is 12.3 Å². The molecular weight excluding hydrogens is 264 g/mol. The van der Waals surface area contributed by atoms with Crippen LogP contribution < -0.4 is 5.32 Å². The molecule has 0 atom stereocenters. The van der Waals surface area contributed by atoms with Gasteiger partial charge in [0.1, 0.15) is 5.41 Å². The molecule has 0 aromatic heterocycles. The smallest absolute Gasteiger partial charge is 0.240 e. The highest BCUT2D eigenvalue weighted by molar-refractivity contribution is 6.13. The van der Waals surface area contributed by atoms with Crippen molar-refractivity contribution in [3.05, 3.63) is 29.8 Å². The maximum atomic E-state index is 12.5. The highest BCUT2D eigenvalue weighted by atomic mass is 16.2. The molecule has 1 fully saturated rings. The number of hydrogen-bond donors (Lipinski definition) is 1. The average molecular weight is 288 g/mol. The second-order valence-corrected chi connectivity index (χ2v) is 5.93. The minimum atomic E-state index is -0.829. The van der Waals surface area contributed by atoms with Gasteiger partial charge < -0.3 is 10.2 Å². The summed E-state index contributed by atoms with van der Waals surface area (Å²) in [5.41, 5.74) is 0.969. The fourth-order valence-corrected chi connectivity index (χ4v) is 2.48. The first kappa shape index (κ1) is 15.5. The van der Waals surface area contributed by atoms with Crippen LogP contribution in [0.3, 0.4) is 0 Å². The van der Waals surface area contributed by atoms with E-state index in [9.17, 15) is 9.59 Å². The van der Waals surface area contributed by atoms with Crippen molar-refractivity contribution in [2.75, 3.05) is 18.9 Å². The largest absolute Gasteiger partial charge is 0.345 e. The third-order valence-electron chi connectivity index (χ3n) is 4.18. The Hall–Kier alpha value is -1.84. The van der Waals surface area contributed by atoms with Gasteiger partial charge in [-0.15, -0.1) is 0 Å². The first-order valence-electron chi connectivity index (χ1n) is 7.64. The van der Waals surface area contributed by atoms with Gasteiger partial charge in [-0.05, 0) is 37.8 Å². The molecule has 4 nitrogen and oxygen atoms in total. The van der Waals surface area contributed by atoms with Crippen LogP contribution in [0.4, 0.5) is 5.69 Å². The summed E-state index contributed by atoms with van der Waals surface area (Å²) >= 11 is 0. The van der Waals surface area contributed by atoms with Crippen LogP contribution in [0.15, 0.2) is 24.3 Å². The number of aryl methyl sites for hydroxylation is 1. The van der Waals surface area contributed by atoms with Crippen LogP contribution in [-0.4, -0.2) is 30.3 Å². The summed E-state index contributed by atoms with van der Waals surface area (Å²) in [6, 6.07) is 7.64. The Labute approximate surface area is 126 Å². The summed E-state index contributed by atoms with van der Waals surface area (Å²) in [7, 11) is 1.79. The molecule has 21 heavy (non-hydrogen) atoms. The van der Waals surface area contributed by atoms with E-state index in [1.165, 1.54) is 0 Å². The van der Waals surface area contributed by atoms with Crippen molar-refractivity contribution in [3.63, 3.8) is 0 Å². The molecule has 0 spiro atoms. The molecule has 0 heterocycles. The Morgan fingerprint density at radius 3 is 2.52 bits per heavy atom. The molecular formula is C17H24N2O2. The first-order valence-corrected chi connectivity index (χ1v) is 7.64. The van der Waals surface area contributed by atoms with E-state index in [0.717, 1.165) is 24.1 Å². The molecule has 1 aromatic carbocycles. The van der Waals surface area contributed by atoms with E-state index in [4.69, 9.17) is 0 Å². The number of unbranched alkanes of at least 4 members (excludes halogenated alkanes) is 1.